The van der Waals surface area contributed by atoms with Crippen LogP contribution in [0.25, 0.3) is 0 Å². The summed E-state index contributed by atoms with van der Waals surface area (Å²) in [6, 6.07) is 0. The normalized spacial score (nSPS) is 22.8. The van der Waals surface area contributed by atoms with Gasteiger partial charge in [0.2, 0.25) is 5.67 Å². The molecule has 1 fully saturated rings. The Balaban J connectivity index is 0.000000810. The number of rotatable bonds is 0. The highest BCUT2D eigenvalue weighted by molar-refractivity contribution is 5.85. The fraction of sp³-hybridized carbons (Fsp3) is 1.00. The van der Waals surface area contributed by atoms with Crippen LogP contribution >= 0.6 is 12.4 Å². The second-order valence-electron chi connectivity index (χ2n) is 2.07. The average Bonchev–Trinajstić information content (AvgIpc) is 1.57. The minimum Gasteiger partial charge on any atom is -0.310 e. The topological polar surface area (TPSA) is 12.0 Å². The third-order valence-electron chi connectivity index (χ3n) is 1.32. The van der Waals surface area contributed by atoms with Gasteiger partial charge in [-0.2, -0.15) is 13.2 Å². The van der Waals surface area contributed by atoms with Crippen molar-refractivity contribution in [2.45, 2.75) is 11.8 Å². The Bertz CT molecular complexity index is 119. The predicted octanol–water partition coefficient (Wildman–Crippen LogP) is 1.28. The zero-order valence-corrected chi connectivity index (χ0v) is 5.65. The molecule has 1 nitrogen and oxygen atoms in total. The molecule has 0 unspecified atom stereocenters. The first-order valence-electron chi connectivity index (χ1n) is 2.42. The Morgan fingerprint density at radius 2 is 1.60 bits per heavy atom. The molecule has 1 N–H and O–H groups in total. The third kappa shape index (κ3) is 1.34. The molecule has 1 saturated heterocycles. The summed E-state index contributed by atoms with van der Waals surface area (Å²) in [7, 11) is 0. The van der Waals surface area contributed by atoms with E-state index >= 15 is 0 Å². The molecule has 0 radical (unpaired) electrons. The highest BCUT2D eigenvalue weighted by Crippen LogP contribution is 2.36. The molecule has 1 heterocycles. The van der Waals surface area contributed by atoms with Crippen LogP contribution in [0.5, 0.6) is 0 Å². The van der Waals surface area contributed by atoms with Crippen LogP contribution < -0.4 is 5.32 Å². The van der Waals surface area contributed by atoms with E-state index in [0.717, 1.165) is 0 Å². The van der Waals surface area contributed by atoms with Crippen LogP contribution in [-0.2, 0) is 0 Å². The number of nitrogens with one attached hydrogen (secondary N) is 1. The number of halogens is 5. The zero-order chi connectivity index (χ0) is 7.12. The van der Waals surface area contributed by atoms with E-state index < -0.39 is 24.9 Å². The van der Waals surface area contributed by atoms with E-state index in [0.29, 0.717) is 0 Å². The van der Waals surface area contributed by atoms with Gasteiger partial charge in [-0.1, -0.05) is 0 Å². The molecule has 1 rings (SSSR count). The van der Waals surface area contributed by atoms with Crippen LogP contribution in [0.1, 0.15) is 0 Å². The molecule has 0 aromatic heterocycles. The summed E-state index contributed by atoms with van der Waals surface area (Å²) in [6.45, 7) is -1.20. The minimum atomic E-state index is -4.70. The molecule has 1 aliphatic rings. The molecule has 6 heteroatoms. The van der Waals surface area contributed by atoms with Crippen molar-refractivity contribution in [1.82, 2.24) is 5.32 Å². The van der Waals surface area contributed by atoms with Crippen molar-refractivity contribution in [2.75, 3.05) is 13.1 Å². The Morgan fingerprint density at radius 1 is 1.20 bits per heavy atom. The summed E-state index contributed by atoms with van der Waals surface area (Å²) in [5, 5.41) is 2.21. The van der Waals surface area contributed by atoms with Gasteiger partial charge in [0.05, 0.1) is 0 Å². The zero-order valence-electron chi connectivity index (χ0n) is 4.83. The van der Waals surface area contributed by atoms with E-state index in [4.69, 9.17) is 0 Å². The van der Waals surface area contributed by atoms with E-state index in [1.165, 1.54) is 0 Å². The monoisotopic (exact) mass is 179 g/mol. The van der Waals surface area contributed by atoms with Crippen LogP contribution in [0.2, 0.25) is 0 Å². The fourth-order valence-electron chi connectivity index (χ4n) is 0.545. The van der Waals surface area contributed by atoms with E-state index in [9.17, 15) is 17.6 Å². The van der Waals surface area contributed by atoms with Crippen molar-refractivity contribution in [1.29, 1.82) is 0 Å². The molecule has 62 valence electrons. The van der Waals surface area contributed by atoms with Crippen LogP contribution in [0.4, 0.5) is 17.6 Å². The van der Waals surface area contributed by atoms with E-state index in [1.807, 2.05) is 0 Å². The summed E-state index contributed by atoms with van der Waals surface area (Å²) in [5.41, 5.74) is -2.95. The lowest BCUT2D eigenvalue weighted by atomic mass is 9.99. The second kappa shape index (κ2) is 2.54. The van der Waals surface area contributed by atoms with Gasteiger partial charge >= 0.3 is 6.18 Å². The Hall–Kier alpha value is -0.0300. The molecular weight excluding hydrogens is 173 g/mol. The molecule has 0 atom stereocenters. The highest BCUT2D eigenvalue weighted by atomic mass is 35.5. The first-order valence-corrected chi connectivity index (χ1v) is 2.42. The second-order valence-corrected chi connectivity index (χ2v) is 2.07. The maximum Gasteiger partial charge on any atom is 0.425 e. The molecule has 0 aromatic rings. The van der Waals surface area contributed by atoms with Gasteiger partial charge in [0.25, 0.3) is 0 Å². The molecular formula is C4H6ClF4N. The van der Waals surface area contributed by atoms with E-state index in [2.05, 4.69) is 5.32 Å². The number of hydrogen-bond donors (Lipinski definition) is 1. The third-order valence-corrected chi connectivity index (χ3v) is 1.32. The van der Waals surface area contributed by atoms with Crippen LogP contribution in [0.3, 0.4) is 0 Å². The Labute approximate surface area is 61.2 Å². The van der Waals surface area contributed by atoms with Gasteiger partial charge in [-0.25, -0.2) is 4.39 Å². The molecule has 10 heavy (non-hydrogen) atoms. The quantitative estimate of drug-likeness (QED) is 0.553. The Morgan fingerprint density at radius 3 is 1.60 bits per heavy atom. The SMILES string of the molecule is Cl.FC(F)(F)C1(F)CNC1. The summed E-state index contributed by atoms with van der Waals surface area (Å²) in [5.74, 6) is 0. The predicted molar refractivity (Wildman–Crippen MR) is 30.0 cm³/mol. The van der Waals surface area contributed by atoms with Gasteiger partial charge in [0.1, 0.15) is 0 Å². The standard InChI is InChI=1S/C4H5F4N.ClH/c5-3(1-9-2-3)4(6,7)8;/h9H,1-2H2;1H. The van der Waals surface area contributed by atoms with Crippen LogP contribution in [0.15, 0.2) is 0 Å². The van der Waals surface area contributed by atoms with Crippen molar-refractivity contribution in [3.05, 3.63) is 0 Å². The fourth-order valence-corrected chi connectivity index (χ4v) is 0.545. The summed E-state index contributed by atoms with van der Waals surface area (Å²) < 4.78 is 46.6. The van der Waals surface area contributed by atoms with Crippen molar-refractivity contribution < 1.29 is 17.6 Å². The molecule has 1 aliphatic heterocycles. The molecule has 0 aliphatic carbocycles. The molecule has 0 saturated carbocycles. The lowest BCUT2D eigenvalue weighted by Crippen LogP contribution is -2.64. The van der Waals surface area contributed by atoms with Crippen LogP contribution in [-0.4, -0.2) is 24.9 Å². The van der Waals surface area contributed by atoms with Crippen LogP contribution in [0, 0.1) is 0 Å². The van der Waals surface area contributed by atoms with Gasteiger partial charge in [-0.05, 0) is 0 Å². The van der Waals surface area contributed by atoms with E-state index in [1.54, 1.807) is 0 Å². The Kier molecular flexibility index (Phi) is 2.53. The van der Waals surface area contributed by atoms with E-state index in [-0.39, 0.29) is 12.4 Å². The molecule has 0 bridgehead atoms. The van der Waals surface area contributed by atoms with Gasteiger partial charge in [-0.3, -0.25) is 0 Å². The molecule has 0 aromatic carbocycles. The lowest BCUT2D eigenvalue weighted by Gasteiger charge is -2.36. The molecule has 0 spiro atoms. The number of alkyl halides is 4. The lowest BCUT2D eigenvalue weighted by molar-refractivity contribution is -0.244. The highest BCUT2D eigenvalue weighted by Gasteiger charge is 2.59. The summed E-state index contributed by atoms with van der Waals surface area (Å²) in [4.78, 5) is 0. The maximum absolute atomic E-state index is 12.2. The van der Waals surface area contributed by atoms with Crippen molar-refractivity contribution >= 4 is 12.4 Å². The largest absolute Gasteiger partial charge is 0.425 e. The summed E-state index contributed by atoms with van der Waals surface area (Å²) in [6.07, 6.45) is -4.70. The van der Waals surface area contributed by atoms with Gasteiger partial charge in [-0.15, -0.1) is 12.4 Å². The van der Waals surface area contributed by atoms with Crippen molar-refractivity contribution in [2.24, 2.45) is 0 Å². The first-order chi connectivity index (χ1) is 3.96. The number of hydrogen-bond acceptors (Lipinski definition) is 1. The first kappa shape index (κ1) is 9.97. The summed E-state index contributed by atoms with van der Waals surface area (Å²) >= 11 is 0. The minimum absolute atomic E-state index is 0. The average molecular weight is 180 g/mol. The van der Waals surface area contributed by atoms with Gasteiger partial charge in [0, 0.05) is 13.1 Å². The molecule has 0 amide bonds. The smallest absolute Gasteiger partial charge is 0.310 e. The maximum atomic E-state index is 12.2. The van der Waals surface area contributed by atoms with Gasteiger partial charge in [0.15, 0.2) is 0 Å². The van der Waals surface area contributed by atoms with Crippen molar-refractivity contribution in [3.63, 3.8) is 0 Å². The van der Waals surface area contributed by atoms with Gasteiger partial charge < -0.3 is 5.32 Å². The van der Waals surface area contributed by atoms with Crippen molar-refractivity contribution in [3.8, 4) is 0 Å².